The second-order valence-electron chi connectivity index (χ2n) is 6.13. The van der Waals surface area contributed by atoms with E-state index >= 15 is 0 Å². The molecule has 1 atom stereocenters. The van der Waals surface area contributed by atoms with Gasteiger partial charge < -0.3 is 10.2 Å². The second kappa shape index (κ2) is 8.10. The molecule has 2 nitrogen and oxygen atoms in total. The van der Waals surface area contributed by atoms with E-state index in [2.05, 4.69) is 58.9 Å². The summed E-state index contributed by atoms with van der Waals surface area (Å²) >= 11 is 0. The summed E-state index contributed by atoms with van der Waals surface area (Å²) in [6.07, 6.45) is 3.80. The lowest BCUT2D eigenvalue weighted by Gasteiger charge is -2.38. The van der Waals surface area contributed by atoms with Crippen LogP contribution in [0, 0.1) is 11.3 Å². The van der Waals surface area contributed by atoms with Gasteiger partial charge in [0.25, 0.3) is 0 Å². The summed E-state index contributed by atoms with van der Waals surface area (Å²) in [5.74, 6) is 0.786. The van der Waals surface area contributed by atoms with Crippen molar-refractivity contribution in [3.05, 3.63) is 0 Å². The van der Waals surface area contributed by atoms with Gasteiger partial charge >= 0.3 is 0 Å². The Kier molecular flexibility index (Phi) is 8.06. The van der Waals surface area contributed by atoms with Crippen LogP contribution in [0.15, 0.2) is 0 Å². The molecule has 0 aliphatic heterocycles. The molecule has 1 unspecified atom stereocenters. The lowest BCUT2D eigenvalue weighted by molar-refractivity contribution is 0.120. The van der Waals surface area contributed by atoms with Gasteiger partial charge in [-0.05, 0) is 51.6 Å². The molecule has 0 saturated heterocycles. The van der Waals surface area contributed by atoms with Crippen LogP contribution in [0.3, 0.4) is 0 Å². The van der Waals surface area contributed by atoms with Crippen LogP contribution in [-0.4, -0.2) is 38.1 Å². The second-order valence-corrected chi connectivity index (χ2v) is 6.13. The summed E-state index contributed by atoms with van der Waals surface area (Å²) in [6.45, 7) is 13.9. The maximum absolute atomic E-state index is 3.37. The molecule has 0 aromatic rings. The molecule has 0 saturated carbocycles. The minimum Gasteiger partial charge on any atom is -0.319 e. The normalized spacial score (nSPS) is 14.6. The first-order valence-electron chi connectivity index (χ1n) is 7.25. The van der Waals surface area contributed by atoms with Crippen molar-refractivity contribution in [2.24, 2.45) is 11.3 Å². The number of hydrogen-bond acceptors (Lipinski definition) is 2. The van der Waals surface area contributed by atoms with E-state index in [9.17, 15) is 0 Å². The van der Waals surface area contributed by atoms with E-state index in [1.54, 1.807) is 0 Å². The Hall–Kier alpha value is -0.0800. The minimum absolute atomic E-state index is 0.439. The molecule has 0 bridgehead atoms. The summed E-state index contributed by atoms with van der Waals surface area (Å²) in [7, 11) is 4.35. The van der Waals surface area contributed by atoms with Gasteiger partial charge in [-0.25, -0.2) is 0 Å². The van der Waals surface area contributed by atoms with Crippen molar-refractivity contribution in [1.82, 2.24) is 10.2 Å². The van der Waals surface area contributed by atoms with E-state index in [1.807, 2.05) is 0 Å². The van der Waals surface area contributed by atoms with Gasteiger partial charge in [0.1, 0.15) is 0 Å². The number of nitrogens with zero attached hydrogens (tertiary/aromatic N) is 1. The minimum atomic E-state index is 0.439. The van der Waals surface area contributed by atoms with Gasteiger partial charge in [-0.2, -0.15) is 0 Å². The van der Waals surface area contributed by atoms with Crippen molar-refractivity contribution in [3.8, 4) is 0 Å². The lowest BCUT2D eigenvalue weighted by atomic mass is 9.81. The molecule has 0 spiro atoms. The smallest absolute Gasteiger partial charge is 0.00665 e. The maximum atomic E-state index is 3.37. The standard InChI is InChI=1S/C15H34N2/c1-8-15(9-2,11-16-6)12-17(7)14(5)10-13(3)4/h13-14,16H,8-12H2,1-7H3. The SMILES string of the molecule is CCC(CC)(CNC)CN(C)C(C)CC(C)C. The zero-order valence-corrected chi connectivity index (χ0v) is 13.1. The molecule has 0 rings (SSSR count). The molecular formula is C15H34N2. The van der Waals surface area contributed by atoms with Gasteiger partial charge in [0.15, 0.2) is 0 Å². The highest BCUT2D eigenvalue weighted by Gasteiger charge is 2.28. The third-order valence-corrected chi connectivity index (χ3v) is 4.20. The van der Waals surface area contributed by atoms with E-state index in [0.717, 1.165) is 12.5 Å². The van der Waals surface area contributed by atoms with Gasteiger partial charge in [-0.3, -0.25) is 0 Å². The summed E-state index contributed by atoms with van der Waals surface area (Å²) < 4.78 is 0. The van der Waals surface area contributed by atoms with Gasteiger partial charge in [0.05, 0.1) is 0 Å². The van der Waals surface area contributed by atoms with Crippen molar-refractivity contribution in [2.45, 2.75) is 59.9 Å². The third kappa shape index (κ3) is 5.87. The van der Waals surface area contributed by atoms with Crippen LogP contribution >= 0.6 is 0 Å². The average molecular weight is 242 g/mol. The van der Waals surface area contributed by atoms with Crippen molar-refractivity contribution in [3.63, 3.8) is 0 Å². The highest BCUT2D eigenvalue weighted by molar-refractivity contribution is 4.83. The Bertz CT molecular complexity index is 185. The molecular weight excluding hydrogens is 208 g/mol. The van der Waals surface area contributed by atoms with E-state index < -0.39 is 0 Å². The molecule has 0 aliphatic carbocycles. The van der Waals surface area contributed by atoms with E-state index in [1.165, 1.54) is 25.8 Å². The Balaban J connectivity index is 4.43. The van der Waals surface area contributed by atoms with Crippen LogP contribution in [0.25, 0.3) is 0 Å². The van der Waals surface area contributed by atoms with Crippen LogP contribution in [0.2, 0.25) is 0 Å². The predicted molar refractivity (Wildman–Crippen MR) is 78.5 cm³/mol. The highest BCUT2D eigenvalue weighted by atomic mass is 15.1. The van der Waals surface area contributed by atoms with Crippen LogP contribution < -0.4 is 5.32 Å². The third-order valence-electron chi connectivity index (χ3n) is 4.20. The molecule has 0 aromatic heterocycles. The van der Waals surface area contributed by atoms with Gasteiger partial charge in [-0.15, -0.1) is 0 Å². The maximum Gasteiger partial charge on any atom is 0.00665 e. The first kappa shape index (κ1) is 16.9. The number of hydrogen-bond donors (Lipinski definition) is 1. The van der Waals surface area contributed by atoms with Crippen LogP contribution in [0.4, 0.5) is 0 Å². The molecule has 2 heteroatoms. The van der Waals surface area contributed by atoms with Crippen molar-refractivity contribution < 1.29 is 0 Å². The number of nitrogens with one attached hydrogen (secondary N) is 1. The lowest BCUT2D eigenvalue weighted by Crippen LogP contribution is -2.44. The molecule has 1 N–H and O–H groups in total. The van der Waals surface area contributed by atoms with Crippen molar-refractivity contribution >= 4 is 0 Å². The van der Waals surface area contributed by atoms with Crippen molar-refractivity contribution in [1.29, 1.82) is 0 Å². The quantitative estimate of drug-likeness (QED) is 0.667. The molecule has 0 fully saturated rings. The molecule has 0 radical (unpaired) electrons. The summed E-state index contributed by atoms with van der Waals surface area (Å²) in [5.41, 5.74) is 0.439. The van der Waals surface area contributed by atoms with E-state index in [-0.39, 0.29) is 0 Å². The van der Waals surface area contributed by atoms with Gasteiger partial charge in [0, 0.05) is 19.1 Å². The molecule has 0 aliphatic rings. The fourth-order valence-corrected chi connectivity index (χ4v) is 2.70. The zero-order chi connectivity index (χ0) is 13.5. The molecule has 0 aromatic carbocycles. The first-order chi connectivity index (χ1) is 7.90. The Labute approximate surface area is 109 Å². The van der Waals surface area contributed by atoms with Crippen LogP contribution in [0.5, 0.6) is 0 Å². The first-order valence-corrected chi connectivity index (χ1v) is 7.25. The largest absolute Gasteiger partial charge is 0.319 e. The monoisotopic (exact) mass is 242 g/mol. The molecule has 17 heavy (non-hydrogen) atoms. The van der Waals surface area contributed by atoms with Gasteiger partial charge in [0.2, 0.25) is 0 Å². The Morgan fingerprint density at radius 3 is 2.00 bits per heavy atom. The van der Waals surface area contributed by atoms with Crippen LogP contribution in [-0.2, 0) is 0 Å². The average Bonchev–Trinajstić information content (AvgIpc) is 2.27. The predicted octanol–water partition coefficient (Wildman–Crippen LogP) is 3.38. The highest BCUT2D eigenvalue weighted by Crippen LogP contribution is 2.27. The van der Waals surface area contributed by atoms with Crippen LogP contribution in [0.1, 0.15) is 53.9 Å². The molecule has 0 heterocycles. The van der Waals surface area contributed by atoms with E-state index in [0.29, 0.717) is 11.5 Å². The Morgan fingerprint density at radius 1 is 1.12 bits per heavy atom. The zero-order valence-electron chi connectivity index (χ0n) is 13.1. The molecule has 0 amide bonds. The van der Waals surface area contributed by atoms with Crippen molar-refractivity contribution in [2.75, 3.05) is 27.2 Å². The topological polar surface area (TPSA) is 15.3 Å². The van der Waals surface area contributed by atoms with Gasteiger partial charge in [-0.1, -0.05) is 27.7 Å². The van der Waals surface area contributed by atoms with E-state index in [4.69, 9.17) is 0 Å². The Morgan fingerprint density at radius 2 is 1.65 bits per heavy atom. The fraction of sp³-hybridized carbons (Fsp3) is 1.00. The molecule has 104 valence electrons. The summed E-state index contributed by atoms with van der Waals surface area (Å²) in [5, 5.41) is 3.37. The fourth-order valence-electron chi connectivity index (χ4n) is 2.70. The summed E-state index contributed by atoms with van der Waals surface area (Å²) in [6, 6.07) is 0.685. The summed E-state index contributed by atoms with van der Waals surface area (Å²) in [4.78, 5) is 2.55. The number of rotatable bonds is 9.